The quantitative estimate of drug-likeness (QED) is 0.547. The Hall–Kier alpha value is -3.50. The van der Waals surface area contributed by atoms with E-state index in [9.17, 15) is 10.1 Å². The van der Waals surface area contributed by atoms with Crippen molar-refractivity contribution in [2.24, 2.45) is 0 Å². The van der Waals surface area contributed by atoms with Gasteiger partial charge in [-0.2, -0.15) is 5.26 Å². The number of morpholine rings is 1. The molecule has 0 unspecified atom stereocenters. The van der Waals surface area contributed by atoms with Crippen LogP contribution in [-0.4, -0.2) is 42.9 Å². The number of hydrogen-bond acceptors (Lipinski definition) is 4. The SMILES string of the molecule is CC(C)NC(=O)Nc1ccc(-c2c(C#N)c3ccc(N4CCOCC4)cc3n2C2CCC2)cc1. The largest absolute Gasteiger partial charge is 0.378 e. The van der Waals surface area contributed by atoms with Crippen LogP contribution in [0, 0.1) is 11.3 Å². The molecule has 0 radical (unpaired) electrons. The van der Waals surface area contributed by atoms with Gasteiger partial charge in [0.2, 0.25) is 0 Å². The Morgan fingerprint density at radius 3 is 2.47 bits per heavy atom. The predicted octanol–water partition coefficient (Wildman–Crippen LogP) is 5.27. The molecule has 3 aromatic rings. The number of rotatable bonds is 5. The third-order valence-electron chi connectivity index (χ3n) is 6.75. The molecule has 2 fully saturated rings. The summed E-state index contributed by atoms with van der Waals surface area (Å²) in [4.78, 5) is 14.4. The van der Waals surface area contributed by atoms with Gasteiger partial charge >= 0.3 is 6.03 Å². The predicted molar refractivity (Wildman–Crippen MR) is 135 cm³/mol. The molecule has 2 aliphatic rings. The number of aromatic nitrogens is 1. The van der Waals surface area contributed by atoms with E-state index in [0.717, 1.165) is 67.0 Å². The standard InChI is InChI=1S/C27H31N5O2/c1-18(2)29-27(33)30-20-8-6-19(7-9-20)26-24(17-28)23-11-10-22(31-12-14-34-15-13-31)16-25(23)32(26)21-4-3-5-21/h6-11,16,18,21H,3-5,12-15H2,1-2H3,(H2,29,30,33). The molecule has 7 heteroatoms. The van der Waals surface area contributed by atoms with Crippen LogP contribution < -0.4 is 15.5 Å². The van der Waals surface area contributed by atoms with Crippen molar-refractivity contribution in [1.29, 1.82) is 5.26 Å². The average Bonchev–Trinajstić information content (AvgIpc) is 3.12. The minimum atomic E-state index is -0.223. The van der Waals surface area contributed by atoms with E-state index >= 15 is 0 Å². The maximum absolute atomic E-state index is 12.1. The summed E-state index contributed by atoms with van der Waals surface area (Å²) in [6.07, 6.45) is 3.46. The lowest BCUT2D eigenvalue weighted by Crippen LogP contribution is -2.36. The second-order valence-electron chi connectivity index (χ2n) is 9.42. The highest BCUT2D eigenvalue weighted by Crippen LogP contribution is 2.43. The first kappa shape index (κ1) is 22.3. The molecule has 2 aromatic carbocycles. The van der Waals surface area contributed by atoms with Crippen molar-refractivity contribution in [3.63, 3.8) is 0 Å². The van der Waals surface area contributed by atoms with Crippen molar-refractivity contribution in [2.75, 3.05) is 36.5 Å². The van der Waals surface area contributed by atoms with Crippen molar-refractivity contribution in [3.05, 3.63) is 48.0 Å². The summed E-state index contributed by atoms with van der Waals surface area (Å²) in [5, 5.41) is 16.9. The number of ether oxygens (including phenoxy) is 1. The number of carbonyl (C=O) groups excluding carboxylic acids is 1. The molecule has 1 saturated carbocycles. The number of anilines is 2. The van der Waals surface area contributed by atoms with Crippen molar-refractivity contribution < 1.29 is 9.53 Å². The molecule has 5 rings (SSSR count). The van der Waals surface area contributed by atoms with Gasteiger partial charge in [0, 0.05) is 41.9 Å². The molecule has 1 saturated heterocycles. The zero-order chi connectivity index (χ0) is 23.7. The Balaban J connectivity index is 1.56. The molecular weight excluding hydrogens is 426 g/mol. The number of amides is 2. The molecule has 2 heterocycles. The molecule has 0 spiro atoms. The average molecular weight is 458 g/mol. The van der Waals surface area contributed by atoms with Crippen LogP contribution in [0.2, 0.25) is 0 Å². The molecule has 0 atom stereocenters. The summed E-state index contributed by atoms with van der Waals surface area (Å²) < 4.78 is 7.91. The maximum atomic E-state index is 12.1. The highest BCUT2D eigenvalue weighted by molar-refractivity contribution is 5.97. The molecule has 34 heavy (non-hydrogen) atoms. The minimum absolute atomic E-state index is 0.0676. The minimum Gasteiger partial charge on any atom is -0.378 e. The first-order valence-electron chi connectivity index (χ1n) is 12.1. The maximum Gasteiger partial charge on any atom is 0.319 e. The van der Waals surface area contributed by atoms with E-state index in [0.29, 0.717) is 11.6 Å². The Morgan fingerprint density at radius 2 is 1.85 bits per heavy atom. The lowest BCUT2D eigenvalue weighted by Gasteiger charge is -2.31. The normalized spacial score (nSPS) is 16.4. The van der Waals surface area contributed by atoms with E-state index in [1.54, 1.807) is 0 Å². The lowest BCUT2D eigenvalue weighted by molar-refractivity contribution is 0.122. The van der Waals surface area contributed by atoms with Crippen LogP contribution in [0.3, 0.4) is 0 Å². The number of nitriles is 1. The van der Waals surface area contributed by atoms with Gasteiger partial charge in [0.1, 0.15) is 6.07 Å². The first-order valence-corrected chi connectivity index (χ1v) is 12.1. The van der Waals surface area contributed by atoms with Crippen molar-refractivity contribution in [1.82, 2.24) is 9.88 Å². The van der Waals surface area contributed by atoms with Crippen LogP contribution in [0.1, 0.15) is 44.7 Å². The van der Waals surface area contributed by atoms with Gasteiger partial charge in [0.15, 0.2) is 0 Å². The van der Waals surface area contributed by atoms with E-state index in [2.05, 4.69) is 44.4 Å². The van der Waals surface area contributed by atoms with Crippen LogP contribution >= 0.6 is 0 Å². The topological polar surface area (TPSA) is 82.3 Å². The van der Waals surface area contributed by atoms with Gasteiger partial charge in [0.25, 0.3) is 0 Å². The summed E-state index contributed by atoms with van der Waals surface area (Å²) in [6, 6.07) is 17.0. The van der Waals surface area contributed by atoms with Crippen molar-refractivity contribution in [3.8, 4) is 17.3 Å². The number of hydrogen-bond donors (Lipinski definition) is 2. The number of nitrogens with zero attached hydrogens (tertiary/aromatic N) is 3. The zero-order valence-corrected chi connectivity index (χ0v) is 19.8. The third kappa shape index (κ3) is 4.22. The van der Waals surface area contributed by atoms with Gasteiger partial charge in [-0.3, -0.25) is 0 Å². The van der Waals surface area contributed by atoms with Crippen molar-refractivity contribution >= 4 is 28.3 Å². The molecular formula is C27H31N5O2. The number of nitrogens with one attached hydrogen (secondary N) is 2. The molecule has 0 bridgehead atoms. The third-order valence-corrected chi connectivity index (χ3v) is 6.75. The second-order valence-corrected chi connectivity index (χ2v) is 9.42. The van der Waals surface area contributed by atoms with Gasteiger partial charge in [-0.25, -0.2) is 4.79 Å². The van der Waals surface area contributed by atoms with Crippen LogP contribution in [0.4, 0.5) is 16.2 Å². The van der Waals surface area contributed by atoms with E-state index < -0.39 is 0 Å². The Kier molecular flexibility index (Phi) is 6.16. The highest BCUT2D eigenvalue weighted by Gasteiger charge is 2.28. The second kappa shape index (κ2) is 9.40. The number of benzene rings is 2. The summed E-state index contributed by atoms with van der Waals surface area (Å²) in [5.74, 6) is 0. The fraction of sp³-hybridized carbons (Fsp3) is 0.407. The van der Waals surface area contributed by atoms with E-state index in [1.807, 2.05) is 38.1 Å². The van der Waals surface area contributed by atoms with Crippen LogP contribution in [0.15, 0.2) is 42.5 Å². The fourth-order valence-corrected chi connectivity index (χ4v) is 4.88. The monoisotopic (exact) mass is 457 g/mol. The van der Waals surface area contributed by atoms with E-state index in [4.69, 9.17) is 4.74 Å². The highest BCUT2D eigenvalue weighted by atomic mass is 16.5. The van der Waals surface area contributed by atoms with Gasteiger partial charge < -0.3 is 24.8 Å². The van der Waals surface area contributed by atoms with Gasteiger partial charge in [-0.05, 0) is 69.0 Å². The number of fused-ring (bicyclic) bond motifs is 1. The van der Waals surface area contributed by atoms with E-state index in [-0.39, 0.29) is 12.1 Å². The van der Waals surface area contributed by atoms with Gasteiger partial charge in [-0.1, -0.05) is 12.1 Å². The number of carbonyl (C=O) groups is 1. The molecule has 2 amide bonds. The molecule has 2 N–H and O–H groups in total. The summed E-state index contributed by atoms with van der Waals surface area (Å²) in [7, 11) is 0. The van der Waals surface area contributed by atoms with Crippen LogP contribution in [0.5, 0.6) is 0 Å². The smallest absolute Gasteiger partial charge is 0.319 e. The molecule has 1 aromatic heterocycles. The summed E-state index contributed by atoms with van der Waals surface area (Å²) in [6.45, 7) is 7.10. The summed E-state index contributed by atoms with van der Waals surface area (Å²) >= 11 is 0. The molecule has 1 aliphatic carbocycles. The molecule has 1 aliphatic heterocycles. The summed E-state index contributed by atoms with van der Waals surface area (Å²) in [5.41, 5.74) is 5.70. The number of urea groups is 1. The Morgan fingerprint density at radius 1 is 1.12 bits per heavy atom. The van der Waals surface area contributed by atoms with Gasteiger partial charge in [-0.15, -0.1) is 0 Å². The molecule has 176 valence electrons. The van der Waals surface area contributed by atoms with Crippen LogP contribution in [0.25, 0.3) is 22.2 Å². The van der Waals surface area contributed by atoms with Gasteiger partial charge in [0.05, 0.1) is 30.0 Å². The lowest BCUT2D eigenvalue weighted by atomic mass is 9.92. The first-order chi connectivity index (χ1) is 16.5. The fourth-order valence-electron chi connectivity index (χ4n) is 4.88. The van der Waals surface area contributed by atoms with Crippen molar-refractivity contribution in [2.45, 2.75) is 45.2 Å². The Labute approximate surface area is 200 Å². The zero-order valence-electron chi connectivity index (χ0n) is 19.8. The van der Waals surface area contributed by atoms with E-state index in [1.165, 1.54) is 12.1 Å². The Bertz CT molecular complexity index is 1230. The van der Waals surface area contributed by atoms with Crippen LogP contribution in [-0.2, 0) is 4.74 Å². The molecule has 7 nitrogen and oxygen atoms in total.